The molecule has 0 unspecified atom stereocenters. The summed E-state index contributed by atoms with van der Waals surface area (Å²) in [6.07, 6.45) is 0. The summed E-state index contributed by atoms with van der Waals surface area (Å²) in [7, 11) is 1.58. The van der Waals surface area contributed by atoms with Gasteiger partial charge < -0.3 is 20.5 Å². The van der Waals surface area contributed by atoms with E-state index in [1.807, 2.05) is 30.3 Å². The number of pyridine rings is 1. The Morgan fingerprint density at radius 2 is 2.21 bits per heavy atom. The van der Waals surface area contributed by atoms with Gasteiger partial charge in [0, 0.05) is 6.54 Å². The van der Waals surface area contributed by atoms with Crippen LogP contribution in [0.4, 0.5) is 5.69 Å². The Labute approximate surface area is 140 Å². The lowest BCUT2D eigenvalue weighted by Gasteiger charge is -2.10. The molecule has 0 radical (unpaired) electrons. The highest BCUT2D eigenvalue weighted by atomic mass is 16.5. The maximum atomic E-state index is 12.3. The minimum Gasteiger partial charge on any atom is -0.497 e. The van der Waals surface area contributed by atoms with E-state index in [1.165, 1.54) is 6.07 Å². The largest absolute Gasteiger partial charge is 0.497 e. The number of aromatic nitrogens is 1. The normalized spacial score (nSPS) is 9.88. The Hall–Kier alpha value is -3.27. The Bertz CT molecular complexity index is 784. The molecule has 0 aliphatic rings. The summed E-state index contributed by atoms with van der Waals surface area (Å²) in [5.41, 5.74) is 7.07. The summed E-state index contributed by atoms with van der Waals surface area (Å²) < 4.78 is 10.4. The van der Waals surface area contributed by atoms with Gasteiger partial charge in [0.05, 0.1) is 19.4 Å². The molecule has 1 heterocycles. The third-order valence-corrected chi connectivity index (χ3v) is 3.23. The molecule has 7 heteroatoms. The van der Waals surface area contributed by atoms with E-state index in [2.05, 4.69) is 10.3 Å². The standard InChI is InChI=1S/C17H18N4O3/c1-3-24-17-13(9-18)14(19)8-15(21-17)16(22)20-10-11-5-4-6-12(7-11)23-2/h4-8H,3,10H2,1-2H3,(H2,19,21)(H,20,22). The van der Waals surface area contributed by atoms with Crippen molar-refractivity contribution in [3.8, 4) is 17.7 Å². The number of amides is 1. The van der Waals surface area contributed by atoms with Crippen LogP contribution in [-0.4, -0.2) is 24.6 Å². The number of benzene rings is 1. The van der Waals surface area contributed by atoms with Crippen LogP contribution < -0.4 is 20.5 Å². The Balaban J connectivity index is 2.16. The van der Waals surface area contributed by atoms with E-state index < -0.39 is 5.91 Å². The number of carbonyl (C=O) groups excluding carboxylic acids is 1. The number of anilines is 1. The van der Waals surface area contributed by atoms with Crippen molar-refractivity contribution >= 4 is 11.6 Å². The highest BCUT2D eigenvalue weighted by Gasteiger charge is 2.16. The van der Waals surface area contributed by atoms with Gasteiger partial charge in [0.15, 0.2) is 0 Å². The van der Waals surface area contributed by atoms with Crippen LogP contribution in [0.5, 0.6) is 11.6 Å². The average Bonchev–Trinajstić information content (AvgIpc) is 2.60. The number of methoxy groups -OCH3 is 1. The lowest BCUT2D eigenvalue weighted by Crippen LogP contribution is -2.24. The summed E-state index contributed by atoms with van der Waals surface area (Å²) in [5, 5.41) is 11.8. The van der Waals surface area contributed by atoms with Gasteiger partial charge >= 0.3 is 0 Å². The maximum absolute atomic E-state index is 12.3. The van der Waals surface area contributed by atoms with Gasteiger partial charge in [0.25, 0.3) is 5.91 Å². The molecule has 2 aromatic rings. The predicted molar refractivity (Wildman–Crippen MR) is 88.7 cm³/mol. The quantitative estimate of drug-likeness (QED) is 0.838. The molecule has 3 N–H and O–H groups in total. The SMILES string of the molecule is CCOc1nc(C(=O)NCc2cccc(OC)c2)cc(N)c1C#N. The van der Waals surface area contributed by atoms with Crippen LogP contribution >= 0.6 is 0 Å². The molecule has 0 saturated carbocycles. The topological polar surface area (TPSA) is 110 Å². The molecule has 124 valence electrons. The smallest absolute Gasteiger partial charge is 0.270 e. The van der Waals surface area contributed by atoms with Crippen LogP contribution in [0.1, 0.15) is 28.5 Å². The molecule has 1 amide bonds. The number of nitrogen functional groups attached to an aromatic ring is 1. The minimum atomic E-state index is -0.407. The van der Waals surface area contributed by atoms with Gasteiger partial charge in [0.1, 0.15) is 23.1 Å². The monoisotopic (exact) mass is 326 g/mol. The third-order valence-electron chi connectivity index (χ3n) is 3.23. The first-order valence-electron chi connectivity index (χ1n) is 7.33. The third kappa shape index (κ3) is 3.93. The number of nitrogens with one attached hydrogen (secondary N) is 1. The zero-order valence-corrected chi connectivity index (χ0v) is 13.5. The van der Waals surface area contributed by atoms with E-state index >= 15 is 0 Å². The van der Waals surface area contributed by atoms with Crippen molar-refractivity contribution in [3.05, 3.63) is 47.2 Å². The van der Waals surface area contributed by atoms with E-state index in [-0.39, 0.29) is 22.8 Å². The molecular formula is C17H18N4O3. The summed E-state index contributed by atoms with van der Waals surface area (Å²) in [4.78, 5) is 16.4. The van der Waals surface area contributed by atoms with Gasteiger partial charge in [-0.25, -0.2) is 4.98 Å². The summed E-state index contributed by atoms with van der Waals surface area (Å²) in [6.45, 7) is 2.38. The van der Waals surface area contributed by atoms with E-state index in [0.29, 0.717) is 18.9 Å². The number of ether oxygens (including phenoxy) is 2. The van der Waals surface area contributed by atoms with Crippen molar-refractivity contribution in [2.24, 2.45) is 0 Å². The average molecular weight is 326 g/mol. The molecule has 1 aromatic carbocycles. The van der Waals surface area contributed by atoms with Crippen molar-refractivity contribution in [1.82, 2.24) is 10.3 Å². The molecular weight excluding hydrogens is 308 g/mol. The second kappa shape index (κ2) is 7.83. The molecule has 0 saturated heterocycles. The molecule has 0 fully saturated rings. The lowest BCUT2D eigenvalue weighted by molar-refractivity contribution is 0.0944. The number of nitriles is 1. The van der Waals surface area contributed by atoms with Gasteiger partial charge in [-0.1, -0.05) is 12.1 Å². The van der Waals surface area contributed by atoms with Crippen LogP contribution in [-0.2, 0) is 6.54 Å². The fraction of sp³-hybridized carbons (Fsp3) is 0.235. The van der Waals surface area contributed by atoms with Gasteiger partial charge in [-0.2, -0.15) is 5.26 Å². The number of hydrogen-bond donors (Lipinski definition) is 2. The van der Waals surface area contributed by atoms with Crippen molar-refractivity contribution in [2.45, 2.75) is 13.5 Å². The molecule has 24 heavy (non-hydrogen) atoms. The van der Waals surface area contributed by atoms with Crippen molar-refractivity contribution in [2.75, 3.05) is 19.5 Å². The number of carbonyl (C=O) groups is 1. The first-order chi connectivity index (χ1) is 11.6. The van der Waals surface area contributed by atoms with E-state index in [4.69, 9.17) is 20.5 Å². The van der Waals surface area contributed by atoms with Crippen LogP contribution in [0, 0.1) is 11.3 Å². The van der Waals surface area contributed by atoms with Crippen LogP contribution in [0.2, 0.25) is 0 Å². The molecule has 7 nitrogen and oxygen atoms in total. The van der Waals surface area contributed by atoms with Crippen LogP contribution in [0.3, 0.4) is 0 Å². The van der Waals surface area contributed by atoms with Gasteiger partial charge in [-0.15, -0.1) is 0 Å². The number of hydrogen-bond acceptors (Lipinski definition) is 6. The number of nitrogens with zero attached hydrogens (tertiary/aromatic N) is 2. The molecule has 0 aliphatic heterocycles. The van der Waals surface area contributed by atoms with Gasteiger partial charge in [-0.3, -0.25) is 4.79 Å². The van der Waals surface area contributed by atoms with Gasteiger partial charge in [0.2, 0.25) is 5.88 Å². The number of nitrogens with two attached hydrogens (primary N) is 1. The highest BCUT2D eigenvalue weighted by molar-refractivity contribution is 5.93. The summed E-state index contributed by atoms with van der Waals surface area (Å²) in [6, 6.07) is 10.6. The van der Waals surface area contributed by atoms with Crippen molar-refractivity contribution < 1.29 is 14.3 Å². The van der Waals surface area contributed by atoms with Crippen LogP contribution in [0.25, 0.3) is 0 Å². The van der Waals surface area contributed by atoms with Crippen molar-refractivity contribution in [1.29, 1.82) is 5.26 Å². The second-order valence-electron chi connectivity index (χ2n) is 4.86. The summed E-state index contributed by atoms with van der Waals surface area (Å²) in [5.74, 6) is 0.364. The van der Waals surface area contributed by atoms with Crippen molar-refractivity contribution in [3.63, 3.8) is 0 Å². The Morgan fingerprint density at radius 3 is 2.88 bits per heavy atom. The van der Waals surface area contributed by atoms with E-state index in [1.54, 1.807) is 14.0 Å². The molecule has 0 bridgehead atoms. The van der Waals surface area contributed by atoms with E-state index in [0.717, 1.165) is 5.56 Å². The fourth-order valence-electron chi connectivity index (χ4n) is 2.07. The lowest BCUT2D eigenvalue weighted by atomic mass is 10.2. The number of rotatable bonds is 6. The first kappa shape index (κ1) is 17.1. The molecule has 0 spiro atoms. The first-order valence-corrected chi connectivity index (χ1v) is 7.33. The Morgan fingerprint density at radius 1 is 1.42 bits per heavy atom. The molecule has 0 atom stereocenters. The Kier molecular flexibility index (Phi) is 5.58. The highest BCUT2D eigenvalue weighted by Crippen LogP contribution is 2.22. The van der Waals surface area contributed by atoms with Gasteiger partial charge in [-0.05, 0) is 30.7 Å². The zero-order chi connectivity index (χ0) is 17.5. The summed E-state index contributed by atoms with van der Waals surface area (Å²) >= 11 is 0. The van der Waals surface area contributed by atoms with E-state index in [9.17, 15) is 4.79 Å². The molecule has 0 aliphatic carbocycles. The van der Waals surface area contributed by atoms with Crippen LogP contribution in [0.15, 0.2) is 30.3 Å². The minimum absolute atomic E-state index is 0.0616. The zero-order valence-electron chi connectivity index (χ0n) is 13.5. The second-order valence-corrected chi connectivity index (χ2v) is 4.86. The maximum Gasteiger partial charge on any atom is 0.270 e. The molecule has 1 aromatic heterocycles. The predicted octanol–water partition coefficient (Wildman–Crippen LogP) is 1.87. The fourth-order valence-corrected chi connectivity index (χ4v) is 2.07. The molecule has 2 rings (SSSR count).